The van der Waals surface area contributed by atoms with Crippen LogP contribution in [0.15, 0.2) is 52.4 Å². The fraction of sp³-hybridized carbons (Fsp3) is 0.292. The number of hydrogen-bond donors (Lipinski definition) is 1. The third-order valence-corrected chi connectivity index (χ3v) is 6.81. The van der Waals surface area contributed by atoms with E-state index in [0.29, 0.717) is 16.2 Å². The van der Waals surface area contributed by atoms with Crippen molar-refractivity contribution in [2.75, 3.05) is 18.8 Å². The number of fused-ring (bicyclic) bond motifs is 3. The second-order valence-electron chi connectivity index (χ2n) is 8.10. The molecule has 0 bridgehead atoms. The number of carbonyl (C=O) groups is 1. The first-order valence-corrected chi connectivity index (χ1v) is 11.5. The van der Waals surface area contributed by atoms with Crippen LogP contribution < -0.4 is 5.56 Å². The molecule has 3 heterocycles. The van der Waals surface area contributed by atoms with Gasteiger partial charge in [-0.05, 0) is 49.9 Å². The molecule has 4 aromatic rings. The summed E-state index contributed by atoms with van der Waals surface area (Å²) in [5, 5.41) is 1.46. The maximum Gasteiger partial charge on any atom is 0.283 e. The van der Waals surface area contributed by atoms with Gasteiger partial charge < -0.3 is 9.88 Å². The molecular weight excluding hydrogens is 408 g/mol. The monoisotopic (exact) mass is 432 g/mol. The number of aromatic amines is 1. The van der Waals surface area contributed by atoms with E-state index in [4.69, 9.17) is 4.98 Å². The van der Waals surface area contributed by atoms with Crippen LogP contribution in [0, 0.1) is 13.8 Å². The number of H-pyrrole nitrogens is 1. The zero-order chi connectivity index (χ0) is 21.5. The topological polar surface area (TPSA) is 71.0 Å². The summed E-state index contributed by atoms with van der Waals surface area (Å²) in [4.78, 5) is 36.4. The average molecular weight is 433 g/mol. The molecule has 1 amide bonds. The number of rotatable bonds is 4. The van der Waals surface area contributed by atoms with Gasteiger partial charge in [0.2, 0.25) is 5.91 Å². The molecule has 0 radical (unpaired) electrons. The summed E-state index contributed by atoms with van der Waals surface area (Å²) in [6.45, 7) is 5.63. The number of carbonyl (C=O) groups excluding carboxylic acids is 1. The van der Waals surface area contributed by atoms with Gasteiger partial charge >= 0.3 is 0 Å². The molecule has 6 nitrogen and oxygen atoms in total. The zero-order valence-corrected chi connectivity index (χ0v) is 18.5. The summed E-state index contributed by atoms with van der Waals surface area (Å²) in [6, 6.07) is 13.8. The molecule has 1 fully saturated rings. The van der Waals surface area contributed by atoms with Crippen molar-refractivity contribution in [3.05, 3.63) is 63.9 Å². The van der Waals surface area contributed by atoms with Crippen molar-refractivity contribution in [3.8, 4) is 5.69 Å². The Bertz CT molecular complexity index is 1370. The lowest BCUT2D eigenvalue weighted by Gasteiger charge is -2.17. The molecule has 31 heavy (non-hydrogen) atoms. The van der Waals surface area contributed by atoms with Crippen molar-refractivity contribution in [2.45, 2.75) is 31.8 Å². The number of nitrogens with zero attached hydrogens (tertiary/aromatic N) is 3. The predicted octanol–water partition coefficient (Wildman–Crippen LogP) is 4.20. The maximum absolute atomic E-state index is 13.7. The number of aromatic nitrogens is 3. The molecule has 7 heteroatoms. The minimum absolute atomic E-state index is 0.100. The normalized spacial score (nSPS) is 14.1. The molecule has 0 atom stereocenters. The second-order valence-corrected chi connectivity index (χ2v) is 9.04. The highest BCUT2D eigenvalue weighted by Gasteiger charge is 2.22. The van der Waals surface area contributed by atoms with Gasteiger partial charge in [0.15, 0.2) is 5.16 Å². The van der Waals surface area contributed by atoms with E-state index in [0.717, 1.165) is 53.6 Å². The minimum Gasteiger partial charge on any atom is -0.349 e. The van der Waals surface area contributed by atoms with E-state index in [1.54, 1.807) is 4.57 Å². The number of hydrogen-bond acceptors (Lipinski definition) is 4. The third kappa shape index (κ3) is 3.53. The Morgan fingerprint density at radius 2 is 1.90 bits per heavy atom. The Morgan fingerprint density at radius 3 is 2.71 bits per heavy atom. The quantitative estimate of drug-likeness (QED) is 0.388. The van der Waals surface area contributed by atoms with Crippen LogP contribution in [-0.2, 0) is 4.79 Å². The van der Waals surface area contributed by atoms with Crippen molar-refractivity contribution in [1.29, 1.82) is 0 Å². The number of likely N-dealkylation sites (tertiary alicyclic amines) is 1. The highest BCUT2D eigenvalue weighted by Crippen LogP contribution is 2.28. The van der Waals surface area contributed by atoms with Crippen molar-refractivity contribution in [1.82, 2.24) is 19.4 Å². The van der Waals surface area contributed by atoms with E-state index in [1.165, 1.54) is 11.8 Å². The molecule has 2 aromatic carbocycles. The Labute approximate surface area is 184 Å². The fourth-order valence-corrected chi connectivity index (χ4v) is 5.10. The first-order chi connectivity index (χ1) is 15.0. The van der Waals surface area contributed by atoms with Gasteiger partial charge in [0.05, 0.1) is 11.4 Å². The lowest BCUT2D eigenvalue weighted by molar-refractivity contribution is -0.127. The van der Waals surface area contributed by atoms with Gasteiger partial charge in [-0.3, -0.25) is 14.2 Å². The molecule has 1 N–H and O–H groups in total. The fourth-order valence-electron chi connectivity index (χ4n) is 4.20. The first-order valence-electron chi connectivity index (χ1n) is 10.5. The summed E-state index contributed by atoms with van der Waals surface area (Å²) >= 11 is 1.34. The van der Waals surface area contributed by atoms with Gasteiger partial charge in [0, 0.05) is 24.0 Å². The van der Waals surface area contributed by atoms with Gasteiger partial charge in [-0.1, -0.05) is 42.1 Å². The molecule has 0 saturated carbocycles. The molecule has 0 spiro atoms. The molecule has 0 unspecified atom stereocenters. The number of amides is 1. The van der Waals surface area contributed by atoms with Crippen LogP contribution in [0.2, 0.25) is 0 Å². The van der Waals surface area contributed by atoms with E-state index in [9.17, 15) is 9.59 Å². The minimum atomic E-state index is -0.147. The van der Waals surface area contributed by atoms with Gasteiger partial charge in [-0.2, -0.15) is 0 Å². The number of aryl methyl sites for hydroxylation is 2. The third-order valence-electron chi connectivity index (χ3n) is 5.88. The van der Waals surface area contributed by atoms with Crippen molar-refractivity contribution in [2.24, 2.45) is 0 Å². The molecule has 2 aromatic heterocycles. The van der Waals surface area contributed by atoms with Gasteiger partial charge in [-0.15, -0.1) is 0 Å². The van der Waals surface area contributed by atoms with Crippen LogP contribution in [0.4, 0.5) is 0 Å². The smallest absolute Gasteiger partial charge is 0.283 e. The summed E-state index contributed by atoms with van der Waals surface area (Å²) in [6.07, 6.45) is 2.12. The number of thioether (sulfide) groups is 1. The zero-order valence-electron chi connectivity index (χ0n) is 17.6. The molecule has 5 rings (SSSR count). The van der Waals surface area contributed by atoms with Crippen molar-refractivity contribution < 1.29 is 4.79 Å². The maximum atomic E-state index is 13.7. The Hall–Kier alpha value is -3.06. The number of nitrogens with one attached hydrogen (secondary N) is 1. The molecular formula is C24H24N4O2S. The highest BCUT2D eigenvalue weighted by molar-refractivity contribution is 7.99. The van der Waals surface area contributed by atoms with Crippen molar-refractivity contribution >= 4 is 39.6 Å². The second kappa shape index (κ2) is 7.89. The summed E-state index contributed by atoms with van der Waals surface area (Å²) in [5.41, 5.74) is 4.71. The van der Waals surface area contributed by atoms with Crippen LogP contribution >= 0.6 is 11.8 Å². The molecule has 0 aliphatic carbocycles. The number of para-hydroxylation sites is 1. The average Bonchev–Trinajstić information content (AvgIpc) is 3.43. The lowest BCUT2D eigenvalue weighted by atomic mass is 10.1. The summed E-state index contributed by atoms with van der Waals surface area (Å²) in [5.74, 6) is 0.369. The lowest BCUT2D eigenvalue weighted by Crippen LogP contribution is -2.30. The predicted molar refractivity (Wildman–Crippen MR) is 125 cm³/mol. The van der Waals surface area contributed by atoms with Crippen LogP contribution in [0.3, 0.4) is 0 Å². The Balaban J connectivity index is 1.68. The van der Waals surface area contributed by atoms with Crippen LogP contribution in [0.5, 0.6) is 0 Å². The van der Waals surface area contributed by atoms with Gasteiger partial charge in [0.25, 0.3) is 5.56 Å². The SMILES string of the molecule is Cc1ccc(C)c(-n2c(SCC(=O)N3CCCC3)nc3c([nH]c4ccccc43)c2=O)c1. The summed E-state index contributed by atoms with van der Waals surface area (Å²) < 4.78 is 1.65. The largest absolute Gasteiger partial charge is 0.349 e. The first kappa shape index (κ1) is 19.9. The van der Waals surface area contributed by atoms with Gasteiger partial charge in [-0.25, -0.2) is 4.98 Å². The molecule has 158 valence electrons. The molecule has 1 saturated heterocycles. The van der Waals surface area contributed by atoms with Crippen molar-refractivity contribution in [3.63, 3.8) is 0 Å². The molecule has 1 aliphatic heterocycles. The summed E-state index contributed by atoms with van der Waals surface area (Å²) in [7, 11) is 0. The van der Waals surface area contributed by atoms with Crippen LogP contribution in [0.25, 0.3) is 27.6 Å². The highest BCUT2D eigenvalue weighted by atomic mass is 32.2. The Morgan fingerprint density at radius 1 is 1.13 bits per heavy atom. The Kier molecular flexibility index (Phi) is 5.06. The van der Waals surface area contributed by atoms with E-state index in [2.05, 4.69) is 4.98 Å². The van der Waals surface area contributed by atoms with E-state index >= 15 is 0 Å². The van der Waals surface area contributed by atoms with Crippen LogP contribution in [0.1, 0.15) is 24.0 Å². The standard InChI is InChI=1S/C24H24N4O2S/c1-15-9-10-16(2)19(13-15)28-23(30)22-21(17-7-3-4-8-18(17)25-22)26-24(28)31-14-20(29)27-11-5-6-12-27/h3-4,7-10,13,25H,5-6,11-12,14H2,1-2H3. The molecule has 1 aliphatic rings. The van der Waals surface area contributed by atoms with Crippen LogP contribution in [-0.4, -0.2) is 44.2 Å². The van der Waals surface area contributed by atoms with Gasteiger partial charge in [0.1, 0.15) is 11.0 Å². The van der Waals surface area contributed by atoms with E-state index < -0.39 is 0 Å². The van der Waals surface area contributed by atoms with E-state index in [1.807, 2.05) is 61.2 Å². The number of benzene rings is 2. The van der Waals surface area contributed by atoms with E-state index in [-0.39, 0.29) is 17.2 Å².